The molecule has 2 bridgehead atoms. The Morgan fingerprint density at radius 3 is 2.50 bits per heavy atom. The molecule has 2 unspecified atom stereocenters. The van der Waals surface area contributed by atoms with Crippen LogP contribution in [0.4, 0.5) is 0 Å². The lowest BCUT2D eigenvalue weighted by atomic mass is 10.0. The Bertz CT molecular complexity index is 646. The number of fused-ring (bicyclic) bond motifs is 3. The number of hydrogen-bond acceptors (Lipinski definition) is 2. The third-order valence-electron chi connectivity index (χ3n) is 4.49. The fraction of sp³-hybridized carbons (Fsp3) is 0.353. The molecule has 2 aliphatic heterocycles. The van der Waals surface area contributed by atoms with Crippen molar-refractivity contribution < 1.29 is 9.53 Å². The van der Waals surface area contributed by atoms with Gasteiger partial charge in [-0.2, -0.15) is 0 Å². The van der Waals surface area contributed by atoms with E-state index in [-0.39, 0.29) is 18.0 Å². The van der Waals surface area contributed by atoms with Gasteiger partial charge in [-0.25, -0.2) is 0 Å². The number of carbonyl (C=O) groups is 1. The molecule has 0 spiro atoms. The Hall–Kier alpha value is -1.87. The van der Waals surface area contributed by atoms with Gasteiger partial charge in [-0.05, 0) is 29.7 Å². The van der Waals surface area contributed by atoms with Crippen LogP contribution in [0.1, 0.15) is 23.2 Å². The third kappa shape index (κ3) is 1.74. The fourth-order valence-electron chi connectivity index (χ4n) is 3.51. The smallest absolute Gasteiger partial charge is 0.255 e. The molecule has 0 saturated carbocycles. The van der Waals surface area contributed by atoms with Gasteiger partial charge in [0, 0.05) is 5.56 Å². The Balaban J connectivity index is 1.78. The zero-order valence-corrected chi connectivity index (χ0v) is 11.3. The highest BCUT2D eigenvalue weighted by molar-refractivity contribution is 6.07. The minimum atomic E-state index is 0.164. The summed E-state index contributed by atoms with van der Waals surface area (Å²) in [5, 5.41) is 2.17. The number of benzene rings is 2. The zero-order chi connectivity index (χ0) is 13.5. The molecule has 2 saturated heterocycles. The van der Waals surface area contributed by atoms with Gasteiger partial charge in [0.15, 0.2) is 0 Å². The molecular formula is C17H17NO2. The van der Waals surface area contributed by atoms with Crippen molar-refractivity contribution in [2.45, 2.75) is 24.9 Å². The second kappa shape index (κ2) is 4.60. The molecule has 2 aromatic carbocycles. The normalized spacial score (nSPS) is 25.1. The number of nitrogens with zero attached hydrogens (tertiary/aromatic N) is 1. The second-order valence-electron chi connectivity index (χ2n) is 5.66. The van der Waals surface area contributed by atoms with Crippen molar-refractivity contribution in [2.75, 3.05) is 13.2 Å². The van der Waals surface area contributed by atoms with E-state index in [2.05, 4.69) is 17.0 Å². The minimum absolute atomic E-state index is 0.164. The van der Waals surface area contributed by atoms with E-state index in [1.165, 1.54) is 0 Å². The van der Waals surface area contributed by atoms with Crippen LogP contribution in [-0.2, 0) is 4.74 Å². The summed E-state index contributed by atoms with van der Waals surface area (Å²) in [5.41, 5.74) is 0.821. The maximum atomic E-state index is 12.9. The van der Waals surface area contributed by atoms with Crippen LogP contribution in [0.5, 0.6) is 0 Å². The minimum Gasteiger partial charge on any atom is -0.377 e. The molecule has 0 radical (unpaired) electrons. The SMILES string of the molecule is O=C(c1cccc2ccccc12)N1C2CCC1COC2. The van der Waals surface area contributed by atoms with E-state index < -0.39 is 0 Å². The first-order valence-corrected chi connectivity index (χ1v) is 7.23. The van der Waals surface area contributed by atoms with Crippen LogP contribution in [-0.4, -0.2) is 36.1 Å². The van der Waals surface area contributed by atoms with Crippen LogP contribution in [0, 0.1) is 0 Å². The monoisotopic (exact) mass is 267 g/mol. The van der Waals surface area contributed by atoms with Crippen molar-refractivity contribution >= 4 is 16.7 Å². The number of hydrogen-bond donors (Lipinski definition) is 0. The van der Waals surface area contributed by atoms with Gasteiger partial charge >= 0.3 is 0 Å². The Labute approximate surface area is 118 Å². The summed E-state index contributed by atoms with van der Waals surface area (Å²) in [6.45, 7) is 1.38. The van der Waals surface area contributed by atoms with Gasteiger partial charge in [-0.1, -0.05) is 36.4 Å². The highest BCUT2D eigenvalue weighted by atomic mass is 16.5. The van der Waals surface area contributed by atoms with E-state index in [9.17, 15) is 4.79 Å². The van der Waals surface area contributed by atoms with Gasteiger partial charge in [-0.15, -0.1) is 0 Å². The van der Waals surface area contributed by atoms with Gasteiger partial charge in [0.25, 0.3) is 5.91 Å². The summed E-state index contributed by atoms with van der Waals surface area (Å²) in [4.78, 5) is 15.0. The molecule has 2 aromatic rings. The van der Waals surface area contributed by atoms with Crippen LogP contribution < -0.4 is 0 Å². The molecule has 0 aromatic heterocycles. The fourth-order valence-corrected chi connectivity index (χ4v) is 3.51. The third-order valence-corrected chi connectivity index (χ3v) is 4.49. The van der Waals surface area contributed by atoms with Crippen LogP contribution in [0.2, 0.25) is 0 Å². The number of carbonyl (C=O) groups excluding carboxylic acids is 1. The molecule has 0 N–H and O–H groups in total. The van der Waals surface area contributed by atoms with Gasteiger partial charge < -0.3 is 9.64 Å². The molecule has 102 valence electrons. The summed E-state index contributed by atoms with van der Waals surface area (Å²) in [7, 11) is 0. The van der Waals surface area contributed by atoms with E-state index in [1.807, 2.05) is 30.3 Å². The largest absolute Gasteiger partial charge is 0.377 e. The van der Waals surface area contributed by atoms with Crippen molar-refractivity contribution in [1.82, 2.24) is 4.90 Å². The number of morpholine rings is 1. The average molecular weight is 267 g/mol. The van der Waals surface area contributed by atoms with E-state index in [1.54, 1.807) is 0 Å². The van der Waals surface area contributed by atoms with E-state index in [4.69, 9.17) is 4.74 Å². The summed E-state index contributed by atoms with van der Waals surface area (Å²) in [6, 6.07) is 14.6. The van der Waals surface area contributed by atoms with Crippen molar-refractivity contribution in [3.8, 4) is 0 Å². The Kier molecular flexibility index (Phi) is 2.74. The number of amides is 1. The molecule has 3 nitrogen and oxygen atoms in total. The van der Waals surface area contributed by atoms with Crippen molar-refractivity contribution in [2.24, 2.45) is 0 Å². The highest BCUT2D eigenvalue weighted by Crippen LogP contribution is 2.31. The topological polar surface area (TPSA) is 29.5 Å². The van der Waals surface area contributed by atoms with E-state index >= 15 is 0 Å². The van der Waals surface area contributed by atoms with Gasteiger partial charge in [0.05, 0.1) is 25.3 Å². The molecule has 3 heteroatoms. The average Bonchev–Trinajstić information content (AvgIpc) is 2.75. The predicted octanol–water partition coefficient (Wildman–Crippen LogP) is 2.84. The molecular weight excluding hydrogens is 250 g/mol. The number of rotatable bonds is 1. The van der Waals surface area contributed by atoms with Crippen molar-refractivity contribution in [1.29, 1.82) is 0 Å². The van der Waals surface area contributed by atoms with Gasteiger partial charge in [-0.3, -0.25) is 4.79 Å². The standard InChI is InChI=1S/C17H17NO2/c19-17(18-13-8-9-14(18)11-20-10-13)16-7-3-5-12-4-1-2-6-15(12)16/h1-7,13-14H,8-11H2. The molecule has 2 aliphatic rings. The van der Waals surface area contributed by atoms with Crippen molar-refractivity contribution in [3.63, 3.8) is 0 Å². The van der Waals surface area contributed by atoms with Crippen LogP contribution in [0.25, 0.3) is 10.8 Å². The second-order valence-corrected chi connectivity index (χ2v) is 5.66. The summed E-state index contributed by atoms with van der Waals surface area (Å²) in [5.74, 6) is 0.164. The van der Waals surface area contributed by atoms with Crippen molar-refractivity contribution in [3.05, 3.63) is 48.0 Å². The maximum absolute atomic E-state index is 12.9. The predicted molar refractivity (Wildman–Crippen MR) is 77.7 cm³/mol. The quantitative estimate of drug-likeness (QED) is 0.795. The summed E-state index contributed by atoms with van der Waals surface area (Å²) in [6.07, 6.45) is 2.14. The first-order chi connectivity index (χ1) is 9.84. The molecule has 1 amide bonds. The summed E-state index contributed by atoms with van der Waals surface area (Å²) >= 11 is 0. The lowest BCUT2D eigenvalue weighted by molar-refractivity contribution is -0.00705. The zero-order valence-electron chi connectivity index (χ0n) is 11.3. The van der Waals surface area contributed by atoms with Gasteiger partial charge in [0.2, 0.25) is 0 Å². The number of ether oxygens (including phenoxy) is 1. The maximum Gasteiger partial charge on any atom is 0.255 e. The summed E-state index contributed by atoms with van der Waals surface area (Å²) < 4.78 is 5.57. The van der Waals surface area contributed by atoms with Crippen LogP contribution in [0.15, 0.2) is 42.5 Å². The lowest BCUT2D eigenvalue weighted by Gasteiger charge is -2.35. The van der Waals surface area contributed by atoms with Crippen LogP contribution >= 0.6 is 0 Å². The van der Waals surface area contributed by atoms with E-state index in [0.29, 0.717) is 13.2 Å². The lowest BCUT2D eigenvalue weighted by Crippen LogP contribution is -2.49. The highest BCUT2D eigenvalue weighted by Gasteiger charge is 2.40. The first kappa shape index (κ1) is 11.9. The van der Waals surface area contributed by atoms with Crippen LogP contribution in [0.3, 0.4) is 0 Å². The Morgan fingerprint density at radius 2 is 1.70 bits per heavy atom. The first-order valence-electron chi connectivity index (χ1n) is 7.23. The van der Waals surface area contributed by atoms with E-state index in [0.717, 1.165) is 29.2 Å². The molecule has 2 heterocycles. The van der Waals surface area contributed by atoms with Gasteiger partial charge in [0.1, 0.15) is 0 Å². The molecule has 0 aliphatic carbocycles. The molecule has 20 heavy (non-hydrogen) atoms. The molecule has 2 atom stereocenters. The molecule has 2 fully saturated rings. The molecule has 4 rings (SSSR count). The Morgan fingerprint density at radius 1 is 1.00 bits per heavy atom.